The number of hydrogen-bond acceptors (Lipinski definition) is 7. The molecule has 1 unspecified atom stereocenters. The van der Waals surface area contributed by atoms with E-state index >= 15 is 0 Å². The summed E-state index contributed by atoms with van der Waals surface area (Å²) in [5.74, 6) is 0.551. The summed E-state index contributed by atoms with van der Waals surface area (Å²) in [7, 11) is -1.39. The summed E-state index contributed by atoms with van der Waals surface area (Å²) in [6.07, 6.45) is 4.17. The van der Waals surface area contributed by atoms with Gasteiger partial charge in [0.05, 0.1) is 29.9 Å². The van der Waals surface area contributed by atoms with E-state index in [1.165, 1.54) is 12.1 Å². The smallest absolute Gasteiger partial charge is 0.175 e. The molecular weight excluding hydrogens is 382 g/mol. The average Bonchev–Trinajstić information content (AvgIpc) is 3.16. The average molecular weight is 410 g/mol. The second-order valence-corrected chi connectivity index (χ2v) is 9.72. The highest BCUT2D eigenvalue weighted by molar-refractivity contribution is 7.90. The van der Waals surface area contributed by atoms with Crippen molar-refractivity contribution in [3.05, 3.63) is 42.2 Å². The minimum Gasteiger partial charge on any atom is -0.493 e. The van der Waals surface area contributed by atoms with Crippen LogP contribution in [0.25, 0.3) is 0 Å². The lowest BCUT2D eigenvalue weighted by molar-refractivity contribution is 0.0438. The SMILES string of the molecule is Cn1cc(CNCC2(COc3ccc(S(C)(=O)=O)cc3)C[C@@H](O)[C@@H](O)C2)cn1. The van der Waals surface area contributed by atoms with Gasteiger partial charge >= 0.3 is 0 Å². The molecule has 8 nitrogen and oxygen atoms in total. The number of nitrogens with one attached hydrogen (secondary N) is 1. The highest BCUT2D eigenvalue weighted by Gasteiger charge is 2.44. The Balaban J connectivity index is 1.63. The highest BCUT2D eigenvalue weighted by Crippen LogP contribution is 2.38. The van der Waals surface area contributed by atoms with Crippen molar-refractivity contribution in [3.8, 4) is 5.75 Å². The Morgan fingerprint density at radius 3 is 2.43 bits per heavy atom. The van der Waals surface area contributed by atoms with Crippen LogP contribution in [0.3, 0.4) is 0 Å². The van der Waals surface area contributed by atoms with Crippen LogP contribution < -0.4 is 10.1 Å². The van der Waals surface area contributed by atoms with Crippen molar-refractivity contribution in [2.24, 2.45) is 12.5 Å². The highest BCUT2D eigenvalue weighted by atomic mass is 32.2. The fourth-order valence-corrected chi connectivity index (χ4v) is 4.24. The predicted octanol–water partition coefficient (Wildman–Crippen LogP) is 0.494. The first-order chi connectivity index (χ1) is 13.2. The lowest BCUT2D eigenvalue weighted by Gasteiger charge is -2.29. The van der Waals surface area contributed by atoms with Crippen molar-refractivity contribution in [1.82, 2.24) is 15.1 Å². The van der Waals surface area contributed by atoms with Crippen molar-refractivity contribution in [2.45, 2.75) is 36.5 Å². The standard InChI is InChI=1S/C19H27N3O5S/c1-22-11-14(10-21-22)9-20-12-19(7-17(23)18(24)8-19)13-27-15-3-5-16(6-4-15)28(2,25)26/h3-6,10-11,17-18,20,23-24H,7-9,12-13H2,1-2H3/t17-,18+,19?. The third-order valence-corrected chi connectivity index (χ3v) is 6.24. The van der Waals surface area contributed by atoms with E-state index in [1.807, 2.05) is 13.2 Å². The minimum absolute atomic E-state index is 0.236. The number of sulfone groups is 1. The number of aliphatic hydroxyl groups is 2. The van der Waals surface area contributed by atoms with Gasteiger partial charge in [-0.25, -0.2) is 8.42 Å². The summed E-state index contributed by atoms with van der Waals surface area (Å²) in [5, 5.41) is 27.6. The lowest BCUT2D eigenvalue weighted by Crippen LogP contribution is -2.37. The van der Waals surface area contributed by atoms with Gasteiger partial charge in [0, 0.05) is 43.6 Å². The van der Waals surface area contributed by atoms with Gasteiger partial charge in [-0.3, -0.25) is 4.68 Å². The monoisotopic (exact) mass is 409 g/mol. The van der Waals surface area contributed by atoms with Gasteiger partial charge in [-0.1, -0.05) is 0 Å². The molecule has 1 aromatic heterocycles. The fraction of sp³-hybridized carbons (Fsp3) is 0.526. The third kappa shape index (κ3) is 5.11. The molecule has 3 rings (SSSR count). The molecule has 28 heavy (non-hydrogen) atoms. The van der Waals surface area contributed by atoms with Crippen LogP contribution in [0.15, 0.2) is 41.6 Å². The third-order valence-electron chi connectivity index (χ3n) is 5.11. The number of benzene rings is 1. The molecule has 0 radical (unpaired) electrons. The normalized spacial score (nSPS) is 25.1. The van der Waals surface area contributed by atoms with Gasteiger partial charge in [-0.05, 0) is 37.1 Å². The van der Waals surface area contributed by atoms with Crippen molar-refractivity contribution >= 4 is 9.84 Å². The molecule has 3 N–H and O–H groups in total. The molecule has 1 aliphatic rings. The number of hydrogen-bond donors (Lipinski definition) is 3. The topological polar surface area (TPSA) is 114 Å². The number of nitrogens with zero attached hydrogens (tertiary/aromatic N) is 2. The molecule has 1 aromatic carbocycles. The second-order valence-electron chi connectivity index (χ2n) is 7.70. The second kappa shape index (κ2) is 8.20. The fourth-order valence-electron chi connectivity index (χ4n) is 3.61. The van der Waals surface area contributed by atoms with E-state index in [0.717, 1.165) is 11.8 Å². The van der Waals surface area contributed by atoms with E-state index in [2.05, 4.69) is 10.4 Å². The first-order valence-corrected chi connectivity index (χ1v) is 11.0. The molecular formula is C19H27N3O5S. The van der Waals surface area contributed by atoms with Crippen LogP contribution in [0.5, 0.6) is 5.75 Å². The van der Waals surface area contributed by atoms with Crippen LogP contribution in [-0.2, 0) is 23.4 Å². The predicted molar refractivity (Wildman–Crippen MR) is 104 cm³/mol. The molecule has 3 atom stereocenters. The Morgan fingerprint density at radius 1 is 1.25 bits per heavy atom. The largest absolute Gasteiger partial charge is 0.493 e. The molecule has 0 aliphatic heterocycles. The Hall–Kier alpha value is -1.94. The Kier molecular flexibility index (Phi) is 6.09. The first-order valence-electron chi connectivity index (χ1n) is 9.14. The minimum atomic E-state index is -3.25. The van der Waals surface area contributed by atoms with Crippen molar-refractivity contribution in [2.75, 3.05) is 19.4 Å². The lowest BCUT2D eigenvalue weighted by atomic mass is 9.86. The molecule has 0 amide bonds. The van der Waals surface area contributed by atoms with Gasteiger partial charge in [-0.15, -0.1) is 0 Å². The maximum absolute atomic E-state index is 11.6. The zero-order chi connectivity index (χ0) is 20.4. The zero-order valence-corrected chi connectivity index (χ0v) is 16.9. The summed E-state index contributed by atoms with van der Waals surface area (Å²) in [6, 6.07) is 6.26. The molecule has 1 aliphatic carbocycles. The van der Waals surface area contributed by atoms with Crippen LogP contribution in [0.2, 0.25) is 0 Å². The molecule has 0 bridgehead atoms. The summed E-state index contributed by atoms with van der Waals surface area (Å²) >= 11 is 0. The summed E-state index contributed by atoms with van der Waals surface area (Å²) in [5.41, 5.74) is 0.630. The first kappa shape index (κ1) is 20.8. The summed E-state index contributed by atoms with van der Waals surface area (Å²) in [6.45, 7) is 1.50. The van der Waals surface area contributed by atoms with Crippen molar-refractivity contribution in [1.29, 1.82) is 0 Å². The molecule has 9 heteroatoms. The van der Waals surface area contributed by atoms with Gasteiger partial charge in [0.15, 0.2) is 9.84 Å². The van der Waals surface area contributed by atoms with Gasteiger partial charge < -0.3 is 20.3 Å². The van der Waals surface area contributed by atoms with Gasteiger partial charge in [0.2, 0.25) is 0 Å². The van der Waals surface area contributed by atoms with Gasteiger partial charge in [0.25, 0.3) is 0 Å². The van der Waals surface area contributed by atoms with E-state index in [9.17, 15) is 18.6 Å². The van der Waals surface area contributed by atoms with Crippen LogP contribution in [0, 0.1) is 5.41 Å². The summed E-state index contributed by atoms with van der Waals surface area (Å²) < 4.78 is 30.7. The number of aliphatic hydroxyl groups excluding tert-OH is 2. The van der Waals surface area contributed by atoms with Gasteiger partial charge in [-0.2, -0.15) is 5.10 Å². The molecule has 1 heterocycles. The van der Waals surface area contributed by atoms with E-state index in [1.54, 1.807) is 23.0 Å². The quantitative estimate of drug-likeness (QED) is 0.582. The van der Waals surface area contributed by atoms with Crippen molar-refractivity contribution in [3.63, 3.8) is 0 Å². The zero-order valence-electron chi connectivity index (χ0n) is 16.1. The van der Waals surface area contributed by atoms with Gasteiger partial charge in [0.1, 0.15) is 5.75 Å². The van der Waals surface area contributed by atoms with E-state index < -0.39 is 27.5 Å². The van der Waals surface area contributed by atoms with Crippen LogP contribution in [-0.4, -0.2) is 60.0 Å². The maximum atomic E-state index is 11.6. The Morgan fingerprint density at radius 2 is 1.89 bits per heavy atom. The number of rotatable bonds is 8. The molecule has 154 valence electrons. The van der Waals surface area contributed by atoms with Crippen LogP contribution in [0.4, 0.5) is 0 Å². The van der Waals surface area contributed by atoms with E-state index in [-0.39, 0.29) is 4.90 Å². The maximum Gasteiger partial charge on any atom is 0.175 e. The number of aryl methyl sites for hydroxylation is 1. The van der Waals surface area contributed by atoms with Crippen LogP contribution in [0.1, 0.15) is 18.4 Å². The number of ether oxygens (including phenoxy) is 1. The van der Waals surface area contributed by atoms with E-state index in [4.69, 9.17) is 4.74 Å². The van der Waals surface area contributed by atoms with Crippen LogP contribution >= 0.6 is 0 Å². The molecule has 1 fully saturated rings. The molecule has 0 saturated heterocycles. The Labute approximate surface area is 165 Å². The van der Waals surface area contributed by atoms with Crippen molar-refractivity contribution < 1.29 is 23.4 Å². The molecule has 1 saturated carbocycles. The number of aromatic nitrogens is 2. The molecule has 2 aromatic rings. The van der Waals surface area contributed by atoms with E-state index in [0.29, 0.717) is 38.3 Å². The Bertz CT molecular complexity index is 885. The molecule has 0 spiro atoms. The summed E-state index contributed by atoms with van der Waals surface area (Å²) in [4.78, 5) is 0.236.